The van der Waals surface area contributed by atoms with Crippen LogP contribution >= 0.6 is 11.3 Å². The Kier molecular flexibility index (Phi) is 8.16. The van der Waals surface area contributed by atoms with Gasteiger partial charge in [0.25, 0.3) is 5.91 Å². The number of pyridine rings is 1. The Morgan fingerprint density at radius 3 is 2.38 bits per heavy atom. The predicted molar refractivity (Wildman–Crippen MR) is 216 cm³/mol. The van der Waals surface area contributed by atoms with E-state index in [1.807, 2.05) is 82.6 Å². The predicted octanol–water partition coefficient (Wildman–Crippen LogP) is 9.11. The van der Waals surface area contributed by atoms with E-state index in [9.17, 15) is 9.59 Å². The first kappa shape index (κ1) is 36.1. The van der Waals surface area contributed by atoms with Crippen molar-refractivity contribution in [2.45, 2.75) is 110 Å². The lowest BCUT2D eigenvalue weighted by atomic mass is 9.41. The number of carbonyl (C=O) groups is 2. The van der Waals surface area contributed by atoms with Crippen LogP contribution in [-0.4, -0.2) is 56.5 Å². The van der Waals surface area contributed by atoms with Crippen LogP contribution < -0.4 is 10.2 Å². The fourth-order valence-electron chi connectivity index (χ4n) is 11.5. The first-order valence-corrected chi connectivity index (χ1v) is 20.3. The van der Waals surface area contributed by atoms with Crippen molar-refractivity contribution in [1.29, 1.82) is 0 Å². The summed E-state index contributed by atoms with van der Waals surface area (Å²) in [5.41, 5.74) is 5.78. The molecule has 4 saturated carbocycles. The zero-order valence-electron chi connectivity index (χ0n) is 32.9. The average molecular weight is 759 g/mol. The Balaban J connectivity index is 1.05. The highest BCUT2D eigenvalue weighted by Gasteiger charge is 2.67. The van der Waals surface area contributed by atoms with Crippen LogP contribution in [0.4, 0.5) is 10.9 Å². The Morgan fingerprint density at radius 1 is 0.891 bits per heavy atom. The van der Waals surface area contributed by atoms with E-state index < -0.39 is 11.6 Å². The van der Waals surface area contributed by atoms with E-state index >= 15 is 0 Å². The number of carbonyl (C=O) groups excluding carboxylic acids is 2. The molecule has 4 aliphatic carbocycles. The van der Waals surface area contributed by atoms with Crippen LogP contribution in [0.2, 0.25) is 0 Å². The zero-order valence-corrected chi connectivity index (χ0v) is 33.7. The highest BCUT2D eigenvalue weighted by atomic mass is 32.1. The molecule has 2 aromatic carbocycles. The molecule has 10 nitrogen and oxygen atoms in total. The number of rotatable bonds is 7. The summed E-state index contributed by atoms with van der Waals surface area (Å²) in [5, 5.41) is 8.73. The normalized spacial score (nSPS) is 27.0. The van der Waals surface area contributed by atoms with Gasteiger partial charge in [-0.2, -0.15) is 5.10 Å². The average Bonchev–Trinajstić information content (AvgIpc) is 3.71. The van der Waals surface area contributed by atoms with Gasteiger partial charge >= 0.3 is 5.97 Å². The minimum Gasteiger partial charge on any atom is -0.455 e. The molecule has 0 spiro atoms. The summed E-state index contributed by atoms with van der Waals surface area (Å²) in [7, 11) is 1.88. The van der Waals surface area contributed by atoms with Gasteiger partial charge in [-0.3, -0.25) is 14.8 Å². The second-order valence-electron chi connectivity index (χ2n) is 18.5. The minimum absolute atomic E-state index is 0.148. The van der Waals surface area contributed by atoms with Crippen molar-refractivity contribution in [1.82, 2.24) is 19.7 Å². The number of para-hydroxylation sites is 1. The van der Waals surface area contributed by atoms with E-state index in [4.69, 9.17) is 19.6 Å². The quantitative estimate of drug-likeness (QED) is 0.164. The van der Waals surface area contributed by atoms with E-state index in [1.165, 1.54) is 17.8 Å². The summed E-state index contributed by atoms with van der Waals surface area (Å²) >= 11 is 1.46. The summed E-state index contributed by atoms with van der Waals surface area (Å²) in [6, 6.07) is 17.7. The number of amides is 1. The smallest absolute Gasteiger partial charge is 0.358 e. The van der Waals surface area contributed by atoms with Gasteiger partial charge in [0.05, 0.1) is 27.6 Å². The molecule has 4 heterocycles. The lowest BCUT2D eigenvalue weighted by Gasteiger charge is -2.68. The number of anilines is 2. The molecule has 1 amide bonds. The second kappa shape index (κ2) is 12.4. The van der Waals surface area contributed by atoms with Gasteiger partial charge in [-0.1, -0.05) is 49.4 Å². The number of ether oxygens (including phenoxy) is 2. The number of fused-ring (bicyclic) bond motifs is 2. The molecule has 5 aliphatic rings. The number of esters is 1. The molecule has 55 heavy (non-hydrogen) atoms. The third-order valence-corrected chi connectivity index (χ3v) is 13.5. The maximum absolute atomic E-state index is 14.1. The first-order chi connectivity index (χ1) is 26.1. The molecule has 1 N–H and O–H groups in total. The molecule has 1 aliphatic heterocycles. The number of thiazole rings is 1. The number of nitrogens with one attached hydrogen (secondary N) is 1. The molecule has 11 heteroatoms. The molecule has 10 rings (SSSR count). The Labute approximate surface area is 326 Å². The van der Waals surface area contributed by atoms with E-state index in [1.54, 1.807) is 0 Å². The molecule has 2 unspecified atom stereocenters. The number of hydrogen-bond donors (Lipinski definition) is 1. The molecule has 3 aromatic heterocycles. The molecule has 2 atom stereocenters. The van der Waals surface area contributed by atoms with E-state index in [0.29, 0.717) is 35.2 Å². The largest absolute Gasteiger partial charge is 0.455 e. The maximum Gasteiger partial charge on any atom is 0.358 e. The van der Waals surface area contributed by atoms with Crippen molar-refractivity contribution >= 4 is 44.4 Å². The van der Waals surface area contributed by atoms with E-state index in [0.717, 1.165) is 71.1 Å². The van der Waals surface area contributed by atoms with Crippen molar-refractivity contribution < 1.29 is 19.1 Å². The topological polar surface area (TPSA) is 111 Å². The second-order valence-corrected chi connectivity index (χ2v) is 19.5. The first-order valence-electron chi connectivity index (χ1n) is 19.5. The summed E-state index contributed by atoms with van der Waals surface area (Å²) in [6.45, 7) is 13.8. The van der Waals surface area contributed by atoms with Crippen LogP contribution in [0.25, 0.3) is 21.3 Å². The Bertz CT molecular complexity index is 2320. The van der Waals surface area contributed by atoms with Gasteiger partial charge in [0, 0.05) is 49.0 Å². The summed E-state index contributed by atoms with van der Waals surface area (Å²) in [5.74, 6) is -0.00921. The van der Waals surface area contributed by atoms with Crippen molar-refractivity contribution in [3.05, 3.63) is 88.9 Å². The fourth-order valence-corrected chi connectivity index (χ4v) is 12.4. The Hall–Kier alpha value is -4.61. The van der Waals surface area contributed by atoms with Crippen LogP contribution in [0.5, 0.6) is 0 Å². The molecular weight excluding hydrogens is 709 g/mol. The van der Waals surface area contributed by atoms with Crippen molar-refractivity contribution in [3.8, 4) is 11.1 Å². The molecule has 286 valence electrons. The van der Waals surface area contributed by atoms with Crippen LogP contribution in [0.1, 0.15) is 111 Å². The lowest BCUT2D eigenvalue weighted by Crippen LogP contribution is -2.66. The van der Waals surface area contributed by atoms with Crippen molar-refractivity contribution in [2.75, 3.05) is 23.9 Å². The van der Waals surface area contributed by atoms with Gasteiger partial charge < -0.3 is 14.4 Å². The highest BCUT2D eigenvalue weighted by molar-refractivity contribution is 7.22. The minimum atomic E-state index is -0.709. The van der Waals surface area contributed by atoms with Crippen LogP contribution in [-0.2, 0) is 28.0 Å². The summed E-state index contributed by atoms with van der Waals surface area (Å²) in [4.78, 5) is 39.6. The zero-order chi connectivity index (χ0) is 38.5. The molecule has 0 radical (unpaired) electrons. The summed E-state index contributed by atoms with van der Waals surface area (Å²) in [6.07, 6.45) is 9.11. The third kappa shape index (κ3) is 6.23. The highest BCUT2D eigenvalue weighted by Crippen LogP contribution is 2.70. The van der Waals surface area contributed by atoms with Crippen LogP contribution in [0.3, 0.4) is 0 Å². The standard InChI is InChI=1S/C44H50N6O4S/c1-27-31(19-45-50(27)43-22-41(5)21-42(6,23-43)25-44(24-41,26-43)53-7)29-15-16-35(47-36(29)38(52)54-40(2,3)4)49-18-17-28-11-10-12-30(32(28)20-49)37(51)48-39-46-33-13-8-9-14-34(33)55-39/h8-16,19H,17-18,20-26H2,1-7H3,(H,46,48,51). The van der Waals surface area contributed by atoms with Crippen molar-refractivity contribution in [3.63, 3.8) is 0 Å². The third-order valence-electron chi connectivity index (χ3n) is 12.5. The molecule has 4 bridgehead atoms. The number of methoxy groups -OCH3 is 1. The monoisotopic (exact) mass is 758 g/mol. The lowest BCUT2D eigenvalue weighted by molar-refractivity contribution is -0.231. The number of aromatic nitrogens is 4. The van der Waals surface area contributed by atoms with E-state index in [2.05, 4.69) is 46.7 Å². The van der Waals surface area contributed by atoms with Gasteiger partial charge in [-0.15, -0.1) is 0 Å². The molecule has 0 saturated heterocycles. The Morgan fingerprint density at radius 2 is 1.65 bits per heavy atom. The number of benzene rings is 2. The number of hydrogen-bond acceptors (Lipinski definition) is 9. The van der Waals surface area contributed by atoms with Crippen LogP contribution in [0.15, 0.2) is 60.8 Å². The summed E-state index contributed by atoms with van der Waals surface area (Å²) < 4.78 is 15.6. The van der Waals surface area contributed by atoms with Gasteiger partial charge in [-0.25, -0.2) is 14.8 Å². The maximum atomic E-state index is 14.1. The molecule has 4 fully saturated rings. The number of nitrogens with zero attached hydrogens (tertiary/aromatic N) is 5. The fraction of sp³-hybridized carbons (Fsp3) is 0.477. The van der Waals surface area contributed by atoms with E-state index in [-0.39, 0.29) is 33.6 Å². The van der Waals surface area contributed by atoms with Gasteiger partial charge in [0.2, 0.25) is 0 Å². The molecular formula is C44H50N6O4S. The van der Waals surface area contributed by atoms with Gasteiger partial charge in [-0.05, 0) is 119 Å². The van der Waals surface area contributed by atoms with Crippen LogP contribution in [0, 0.1) is 17.8 Å². The SMILES string of the molecule is COC12CC3(C)CC(C)(C1)CC(n1ncc(-c4ccc(N5CCc6cccc(C(=O)Nc7nc8ccccc8s7)c6C5)nc4C(=O)OC(C)(C)C)c1C)(C3)C2. The molecule has 5 aromatic rings. The van der Waals surface area contributed by atoms with Gasteiger partial charge in [0.1, 0.15) is 11.4 Å². The van der Waals surface area contributed by atoms with Gasteiger partial charge in [0.15, 0.2) is 10.8 Å². The van der Waals surface area contributed by atoms with Crippen molar-refractivity contribution in [2.24, 2.45) is 10.8 Å².